The van der Waals surface area contributed by atoms with Gasteiger partial charge in [0.15, 0.2) is 0 Å². The van der Waals surface area contributed by atoms with Crippen molar-refractivity contribution in [2.75, 3.05) is 5.75 Å². The van der Waals surface area contributed by atoms with Crippen molar-refractivity contribution in [2.24, 2.45) is 0 Å². The molecule has 0 aromatic heterocycles. The molecule has 0 aromatic rings. The molecule has 0 nitrogen and oxygen atoms in total. The molecule has 1 radical (unpaired) electrons. The third-order valence-corrected chi connectivity index (χ3v) is 2.50. The van der Waals surface area contributed by atoms with Gasteiger partial charge in [-0.2, -0.15) is 0 Å². The van der Waals surface area contributed by atoms with Crippen molar-refractivity contribution in [3.05, 3.63) is 0 Å². The zero-order chi connectivity index (χ0) is 7.11. The van der Waals surface area contributed by atoms with Crippen LogP contribution in [0.4, 0.5) is 0 Å². The van der Waals surface area contributed by atoms with Crippen LogP contribution in [-0.4, -0.2) is 10.3 Å². The summed E-state index contributed by atoms with van der Waals surface area (Å²) in [5, 5.41) is 0. The maximum Gasteiger partial charge on any atom is 0.0578 e. The molecule has 0 aromatic carbocycles. The highest BCUT2D eigenvalue weighted by Crippen LogP contribution is 2.15. The summed E-state index contributed by atoms with van der Waals surface area (Å²) in [6.45, 7) is 4.30. The van der Waals surface area contributed by atoms with Gasteiger partial charge in [-0.25, -0.2) is 0 Å². The third kappa shape index (κ3) is 8.70. The summed E-state index contributed by atoms with van der Waals surface area (Å²) < 4.78 is 0.404. The molecule has 0 aliphatic carbocycles. The molecule has 0 saturated carbocycles. The van der Waals surface area contributed by atoms with Crippen molar-refractivity contribution in [2.45, 2.75) is 37.7 Å². The highest BCUT2D eigenvalue weighted by molar-refractivity contribution is 8.10. The summed E-state index contributed by atoms with van der Waals surface area (Å²) in [6, 6.07) is 0. The summed E-state index contributed by atoms with van der Waals surface area (Å²) in [5.74, 6) is 1.25. The Hall–Kier alpha value is 0.700. The lowest BCUT2D eigenvalue weighted by Crippen LogP contribution is -1.85. The van der Waals surface area contributed by atoms with Crippen LogP contribution in [0.1, 0.15) is 33.1 Å². The first-order valence-corrected chi connectivity index (χ1v) is 5.06. The molecule has 1 atom stereocenters. The Morgan fingerprint density at radius 2 is 2.11 bits per heavy atom. The van der Waals surface area contributed by atoms with E-state index in [1.165, 1.54) is 25.0 Å². The van der Waals surface area contributed by atoms with Gasteiger partial charge < -0.3 is 0 Å². The van der Waals surface area contributed by atoms with Crippen LogP contribution in [0.5, 0.6) is 0 Å². The fourth-order valence-corrected chi connectivity index (χ4v) is 1.59. The largest absolute Gasteiger partial charge is 0.147 e. The van der Waals surface area contributed by atoms with Crippen LogP contribution in [0, 0.1) is 0 Å². The highest BCUT2D eigenvalue weighted by atomic mass is 32.2. The van der Waals surface area contributed by atoms with Gasteiger partial charge in [-0.1, -0.05) is 32.4 Å². The second-order valence-electron chi connectivity index (χ2n) is 2.15. The molecule has 55 valence electrons. The van der Waals surface area contributed by atoms with Crippen LogP contribution in [0.3, 0.4) is 0 Å². The molecule has 0 fully saturated rings. The van der Waals surface area contributed by atoms with E-state index in [9.17, 15) is 0 Å². The summed E-state index contributed by atoms with van der Waals surface area (Å²) in [7, 11) is 0. The van der Waals surface area contributed by atoms with Gasteiger partial charge in [-0.05, 0) is 19.1 Å². The van der Waals surface area contributed by atoms with E-state index < -0.39 is 0 Å². The molecular weight excluding hydrogens is 148 g/mol. The maximum absolute atomic E-state index is 4.99. The average molecular weight is 163 g/mol. The fraction of sp³-hybridized carbons (Fsp3) is 1.00. The molecular formula is C7H15S2. The number of hydrogen-bond donors (Lipinski definition) is 0. The minimum Gasteiger partial charge on any atom is -0.147 e. The van der Waals surface area contributed by atoms with Crippen LogP contribution in [0.2, 0.25) is 0 Å². The maximum atomic E-state index is 4.99. The number of rotatable bonds is 5. The van der Waals surface area contributed by atoms with Crippen molar-refractivity contribution in [1.82, 2.24) is 0 Å². The van der Waals surface area contributed by atoms with Gasteiger partial charge in [-0.15, -0.1) is 11.8 Å². The lowest BCUT2D eigenvalue weighted by molar-refractivity contribution is 0.778. The molecule has 0 rings (SSSR count). The van der Waals surface area contributed by atoms with Crippen molar-refractivity contribution in [3.8, 4) is 0 Å². The Morgan fingerprint density at radius 3 is 2.56 bits per heavy atom. The zero-order valence-corrected chi connectivity index (χ0v) is 7.86. The van der Waals surface area contributed by atoms with Crippen LogP contribution in [0.25, 0.3) is 0 Å². The lowest BCUT2D eigenvalue weighted by Gasteiger charge is -2.00. The Labute approximate surface area is 68.2 Å². The van der Waals surface area contributed by atoms with Crippen molar-refractivity contribution < 1.29 is 0 Å². The van der Waals surface area contributed by atoms with E-state index >= 15 is 0 Å². The Morgan fingerprint density at radius 1 is 1.44 bits per heavy atom. The predicted octanol–water partition coefficient (Wildman–Crippen LogP) is 3.45. The summed E-state index contributed by atoms with van der Waals surface area (Å²) in [4.78, 5) is 0. The summed E-state index contributed by atoms with van der Waals surface area (Å²) >= 11 is 6.88. The molecule has 1 unspecified atom stereocenters. The predicted molar refractivity (Wildman–Crippen MR) is 49.0 cm³/mol. The van der Waals surface area contributed by atoms with Crippen molar-refractivity contribution >= 4 is 24.4 Å². The van der Waals surface area contributed by atoms with Gasteiger partial charge in [0.1, 0.15) is 0 Å². The second kappa shape index (κ2) is 6.81. The van der Waals surface area contributed by atoms with Crippen molar-refractivity contribution in [1.29, 1.82) is 0 Å². The lowest BCUT2D eigenvalue weighted by atomic mass is 10.3. The average Bonchev–Trinajstić information content (AvgIpc) is 1.80. The van der Waals surface area contributed by atoms with Gasteiger partial charge in [0.25, 0.3) is 0 Å². The van der Waals surface area contributed by atoms with Crippen molar-refractivity contribution in [3.63, 3.8) is 0 Å². The van der Waals surface area contributed by atoms with E-state index in [4.69, 9.17) is 12.6 Å². The van der Waals surface area contributed by atoms with E-state index in [0.29, 0.717) is 4.58 Å². The molecule has 0 N–H and O–H groups in total. The first kappa shape index (κ1) is 9.70. The quantitative estimate of drug-likeness (QED) is 0.559. The van der Waals surface area contributed by atoms with E-state index in [0.717, 1.165) is 0 Å². The van der Waals surface area contributed by atoms with Gasteiger partial charge in [0.2, 0.25) is 0 Å². The first-order chi connectivity index (χ1) is 4.27. The van der Waals surface area contributed by atoms with Gasteiger partial charge in [0.05, 0.1) is 4.58 Å². The van der Waals surface area contributed by atoms with E-state index in [2.05, 4.69) is 13.8 Å². The zero-order valence-electron chi connectivity index (χ0n) is 6.22. The standard InChI is InChI=1S/C7H15S2/c1-3-4-5-6-9-7(2)8/h7H,3-6H2,1-2H3. The topological polar surface area (TPSA) is 0 Å². The van der Waals surface area contributed by atoms with Gasteiger partial charge >= 0.3 is 0 Å². The van der Waals surface area contributed by atoms with Gasteiger partial charge in [-0.3, -0.25) is 0 Å². The SMILES string of the molecule is CCCCCSC(C)[S]. The van der Waals surface area contributed by atoms with Crippen LogP contribution in [-0.2, 0) is 0 Å². The van der Waals surface area contributed by atoms with Gasteiger partial charge in [0, 0.05) is 0 Å². The van der Waals surface area contributed by atoms with E-state index in [1.54, 1.807) is 0 Å². The first-order valence-electron chi connectivity index (χ1n) is 3.54. The normalized spacial score (nSPS) is 13.7. The smallest absolute Gasteiger partial charge is 0.0578 e. The molecule has 0 aliphatic rings. The minimum absolute atomic E-state index is 0.404. The fourth-order valence-electron chi connectivity index (χ4n) is 0.601. The molecule has 9 heavy (non-hydrogen) atoms. The third-order valence-electron chi connectivity index (χ3n) is 1.10. The molecule has 0 spiro atoms. The Balaban J connectivity index is 2.75. The van der Waals surface area contributed by atoms with E-state index in [-0.39, 0.29) is 0 Å². The molecule has 2 heteroatoms. The van der Waals surface area contributed by atoms with E-state index in [1.807, 2.05) is 11.8 Å². The number of unbranched alkanes of at least 4 members (excludes halogenated alkanes) is 2. The highest BCUT2D eigenvalue weighted by Gasteiger charge is 1.93. The summed E-state index contributed by atoms with van der Waals surface area (Å²) in [5.41, 5.74) is 0. The Kier molecular flexibility index (Phi) is 7.34. The minimum atomic E-state index is 0.404. The summed E-state index contributed by atoms with van der Waals surface area (Å²) in [6.07, 6.45) is 4.00. The van der Waals surface area contributed by atoms with Crippen LogP contribution < -0.4 is 0 Å². The molecule has 0 aliphatic heterocycles. The van der Waals surface area contributed by atoms with Crippen LogP contribution >= 0.6 is 24.4 Å². The number of thioether (sulfide) groups is 1. The van der Waals surface area contributed by atoms with Crippen LogP contribution in [0.15, 0.2) is 0 Å². The number of hydrogen-bond acceptors (Lipinski definition) is 1. The second-order valence-corrected chi connectivity index (χ2v) is 4.60. The monoisotopic (exact) mass is 163 g/mol. The molecule has 0 bridgehead atoms. The Bertz CT molecular complexity index is 52.9. The molecule has 0 amide bonds. The molecule has 0 saturated heterocycles. The molecule has 0 heterocycles.